The fraction of sp³-hybridized carbons (Fsp3) is 0.700. The maximum atomic E-state index is 11.9. The van der Waals surface area contributed by atoms with E-state index >= 15 is 0 Å². The first-order valence-corrected chi connectivity index (χ1v) is 78.9. The molecule has 3 aliphatic rings. The Labute approximate surface area is 880 Å². The van der Waals surface area contributed by atoms with Crippen LogP contribution in [0.3, 0.4) is 0 Å². The van der Waals surface area contributed by atoms with Gasteiger partial charge in [0.25, 0.3) is 0 Å². The number of aromatic hydroxyl groups is 6. The third-order valence-corrected chi connectivity index (χ3v) is 68.8. The molecule has 0 heterocycles. The predicted molar refractivity (Wildman–Crippen MR) is 648 cm³/mol. The van der Waals surface area contributed by atoms with E-state index in [1.54, 1.807) is 0 Å². The van der Waals surface area contributed by atoms with Gasteiger partial charge in [0.1, 0.15) is 34.5 Å². The van der Waals surface area contributed by atoms with E-state index in [4.69, 9.17) is 0 Å². The lowest BCUT2D eigenvalue weighted by Gasteiger charge is -2.39. The second-order valence-corrected chi connectivity index (χ2v) is 92.2. The van der Waals surface area contributed by atoms with Crippen LogP contribution in [0.5, 0.6) is 34.5 Å². The van der Waals surface area contributed by atoms with Crippen molar-refractivity contribution in [3.8, 4) is 34.5 Å². The molecule has 9 rings (SSSR count). The molecule has 6 aromatic rings. The first-order valence-electron chi connectivity index (χ1n) is 54.4. The van der Waals surface area contributed by atoms with Gasteiger partial charge in [0, 0.05) is 99.4 Å². The van der Waals surface area contributed by atoms with Crippen molar-refractivity contribution in [2.75, 3.05) is 0 Å². The summed E-state index contributed by atoms with van der Waals surface area (Å²) in [5.41, 5.74) is 15.1. The zero-order valence-corrected chi connectivity index (χ0v) is 107. The van der Waals surface area contributed by atoms with Gasteiger partial charge < -0.3 is 30.6 Å². The number of thioether (sulfide) groups is 6. The summed E-state index contributed by atoms with van der Waals surface area (Å²) in [6.07, 6.45) is 23.0. The van der Waals surface area contributed by atoms with E-state index < -0.39 is 48.4 Å². The molecule has 3 saturated carbocycles. The van der Waals surface area contributed by atoms with Gasteiger partial charge in [0.05, 0.1) is 48.4 Å². The predicted octanol–water partition coefficient (Wildman–Crippen LogP) is 34.8. The van der Waals surface area contributed by atoms with Crippen LogP contribution in [0.25, 0.3) is 0 Å². The van der Waals surface area contributed by atoms with Gasteiger partial charge in [-0.1, -0.05) is 459 Å². The van der Waals surface area contributed by atoms with E-state index in [2.05, 4.69) is 417 Å². The minimum atomic E-state index is -1.95. The largest absolute Gasteiger partial charge is 0.508 e. The molecule has 0 radical (unpaired) electrons. The lowest BCUT2D eigenvalue weighted by atomic mass is 9.86. The van der Waals surface area contributed by atoms with Crippen LogP contribution in [0.2, 0.25) is 112 Å². The topological polar surface area (TPSA) is 121 Å². The molecule has 0 bridgehead atoms. The highest BCUT2D eigenvalue weighted by atomic mass is 32.2. The Bertz CT molecular complexity index is 4410. The first-order chi connectivity index (χ1) is 63.4. The molecule has 6 nitrogen and oxygen atoms in total. The number of hydrogen-bond donors (Lipinski definition) is 6. The van der Waals surface area contributed by atoms with Crippen molar-refractivity contribution >= 4 is 150 Å². The van der Waals surface area contributed by atoms with E-state index in [1.807, 2.05) is 0 Å². The molecule has 6 N–H and O–H groups in total. The average Bonchev–Trinajstić information content (AvgIpc) is 0.764. The van der Waals surface area contributed by atoms with Gasteiger partial charge in [0.2, 0.25) is 0 Å². The van der Waals surface area contributed by atoms with Crippen molar-refractivity contribution in [1.82, 2.24) is 0 Å². The van der Waals surface area contributed by atoms with Crippen molar-refractivity contribution in [2.45, 2.75) is 534 Å². The summed E-state index contributed by atoms with van der Waals surface area (Å²) in [4.78, 5) is 0. The van der Waals surface area contributed by atoms with Crippen molar-refractivity contribution in [1.29, 1.82) is 0 Å². The molecule has 780 valence electrons. The summed E-state index contributed by atoms with van der Waals surface area (Å²) in [6.45, 7) is 93.3. The van der Waals surface area contributed by atoms with Crippen LogP contribution >= 0.6 is 70.6 Å². The first kappa shape index (κ1) is 122. The molecule has 138 heavy (non-hydrogen) atoms. The van der Waals surface area contributed by atoms with E-state index in [9.17, 15) is 30.6 Å². The van der Waals surface area contributed by atoms with Crippen molar-refractivity contribution in [3.63, 3.8) is 0 Å². The van der Waals surface area contributed by atoms with E-state index in [1.165, 1.54) is 216 Å². The third-order valence-electron chi connectivity index (χ3n) is 33.4. The van der Waals surface area contributed by atoms with E-state index in [0.717, 1.165) is 67.9 Å². The zero-order chi connectivity index (χ0) is 104. The fourth-order valence-electron chi connectivity index (χ4n) is 20.4. The van der Waals surface area contributed by atoms with Gasteiger partial charge in [-0.05, 0) is 146 Å². The number of phenolic OH excluding ortho intramolecular Hbond substituents is 6. The van der Waals surface area contributed by atoms with Gasteiger partial charge in [0.15, 0.2) is 0 Å². The number of hydrogen-bond acceptors (Lipinski definition) is 12. The van der Waals surface area contributed by atoms with Crippen molar-refractivity contribution in [3.05, 3.63) is 140 Å². The van der Waals surface area contributed by atoms with Crippen LogP contribution in [0.4, 0.5) is 0 Å². The van der Waals surface area contributed by atoms with Gasteiger partial charge in [-0.3, -0.25) is 0 Å². The molecule has 0 aliphatic heterocycles. The normalized spacial score (nSPS) is 19.0. The van der Waals surface area contributed by atoms with Crippen LogP contribution in [0.1, 0.15) is 390 Å². The lowest BCUT2D eigenvalue weighted by molar-refractivity contribution is 0.471. The van der Waals surface area contributed by atoms with Crippen LogP contribution in [-0.2, 0) is 67.0 Å². The van der Waals surface area contributed by atoms with Crippen LogP contribution in [-0.4, -0.2) is 111 Å². The van der Waals surface area contributed by atoms with Gasteiger partial charge in [-0.25, -0.2) is 0 Å². The standard InChI is InChI=1S/2C42H72O2S2Si2.C36H60O2S2Si2/c1-39(2,3)31-23-29(37(43)35(25-31)47(13,14)41(7,8)9)27-45-33-21-19-17-18-20-22-34(33)46-28-30-24-32(40(4,5)6)26-36(38(30)44)48(15,16)42(10,11)12;1-13-47(14-2,15-3)37-27-33(41(7,8)9)25-31(39(37)43)29-45-35-23-21-19-20-22-24-36(35)46-30-32-26-34(42(10,11)12)28-38(40(32)44)48(16-4,17-5)18-6;1-35(2,3)27-19-25(33(37)31(21-27)41(7,8)9)23-39-29-17-15-13-14-16-18-30(29)40-24-26-20-28(36(4,5)6)22-32(34(26)38)42(10,11)12/h23-26,33-34,43-44H,17-22,27-28H2,1-16H3;25-28,35-36,43-44H,13-24,29-30H2,1-12H3;19-22,29-30,37-38H,13-18,23-24H2,1-12H3/t33-,34?;35-,36?;29-,30?/m000/s1. The summed E-state index contributed by atoms with van der Waals surface area (Å²) < 4.78 is 0. The van der Waals surface area contributed by atoms with E-state index in [0.29, 0.717) is 66.0 Å². The second-order valence-electron chi connectivity index (χ2n) is 53.7. The Balaban J connectivity index is 0.000000282. The average molecular weight is 2100 g/mol. The molecular formula is C120H204O6S6Si6. The Hall–Kier alpha value is -2.48. The monoisotopic (exact) mass is 2100 g/mol. The highest BCUT2D eigenvalue weighted by Crippen LogP contribution is 2.49. The highest BCUT2D eigenvalue weighted by Gasteiger charge is 2.45. The summed E-state index contributed by atoms with van der Waals surface area (Å²) in [7, 11) is -10.8. The Morgan fingerprint density at radius 3 is 0.507 bits per heavy atom. The summed E-state index contributed by atoms with van der Waals surface area (Å²) in [6, 6.07) is 35.0. The molecule has 3 aliphatic carbocycles. The Morgan fingerprint density at radius 1 is 0.217 bits per heavy atom. The quantitative estimate of drug-likeness (QED) is 0.0241. The van der Waals surface area contributed by atoms with Crippen LogP contribution < -0.4 is 31.1 Å². The van der Waals surface area contributed by atoms with E-state index in [-0.39, 0.29) is 42.6 Å². The van der Waals surface area contributed by atoms with Crippen LogP contribution in [0.15, 0.2) is 72.8 Å². The number of rotatable bonds is 30. The summed E-state index contributed by atoms with van der Waals surface area (Å²) in [5, 5.41) is 81.5. The van der Waals surface area contributed by atoms with Gasteiger partial charge in [-0.2, -0.15) is 70.6 Å². The molecule has 6 aromatic carbocycles. The molecule has 0 amide bonds. The molecule has 3 fully saturated rings. The molecule has 3 unspecified atom stereocenters. The van der Waals surface area contributed by atoms with Gasteiger partial charge in [-0.15, -0.1) is 0 Å². The van der Waals surface area contributed by atoms with Crippen molar-refractivity contribution < 1.29 is 30.6 Å². The Kier molecular flexibility index (Phi) is 44.2. The smallest absolute Gasteiger partial charge is 0.118 e. The molecule has 0 spiro atoms. The number of phenols is 6. The van der Waals surface area contributed by atoms with Crippen molar-refractivity contribution in [2.24, 2.45) is 0 Å². The molecule has 18 heteroatoms. The zero-order valence-electron chi connectivity index (χ0n) is 95.7. The maximum absolute atomic E-state index is 11.9. The number of benzene rings is 6. The summed E-state index contributed by atoms with van der Waals surface area (Å²) in [5.74, 6) is 8.58. The Morgan fingerprint density at radius 2 is 0.362 bits per heavy atom. The summed E-state index contributed by atoms with van der Waals surface area (Å²) >= 11 is 12.5. The highest BCUT2D eigenvalue weighted by molar-refractivity contribution is 8.04. The molecule has 6 atom stereocenters. The SMILES string of the molecule is CC(C)(C)c1cc(CSC2CCCCCC[C@@H]2SCc2cc(C(C)(C)C)cc([Si](C)(C)C(C)(C)C)c2O)c(O)c([Si](C)(C)C(C)(C)C)c1.CC(C)(C)c1cc(CSC2CCCCCC[C@@H]2SCc2cc(C(C)(C)C)cc([Si](C)(C)C)c2O)c(O)c([Si](C)(C)C)c1.CC[Si](CC)(CC)c1cc(C(C)(C)C)cc(CSC2CCCCCC[C@@H]2SCc2cc(C(C)(C)C)cc([Si](CC)(CC)CC)c2O)c1O. The second kappa shape index (κ2) is 49.8. The molecular weight excluding hydrogens is 1900 g/mol. The lowest BCUT2D eigenvalue weighted by Crippen LogP contribution is -2.50. The maximum Gasteiger partial charge on any atom is 0.118 e. The minimum Gasteiger partial charge on any atom is -0.508 e. The third kappa shape index (κ3) is 32.0. The molecule has 0 aromatic heterocycles. The van der Waals surface area contributed by atoms with Crippen LogP contribution in [0, 0.1) is 0 Å². The minimum absolute atomic E-state index is 0.0235. The van der Waals surface area contributed by atoms with Gasteiger partial charge >= 0.3 is 0 Å². The molecule has 0 saturated heterocycles. The fourth-order valence-corrected chi connectivity index (χ4v) is 44.2.